The van der Waals surface area contributed by atoms with Gasteiger partial charge in [-0.2, -0.15) is 39.5 Å². The lowest BCUT2D eigenvalue weighted by Crippen LogP contribution is -2.20. The molecule has 1 atom stereocenters. The summed E-state index contributed by atoms with van der Waals surface area (Å²) in [6.07, 6.45) is -16.6. The van der Waals surface area contributed by atoms with Crippen LogP contribution in [0.1, 0.15) is 38.5 Å². The first kappa shape index (κ1) is 26.4. The second-order valence-corrected chi connectivity index (χ2v) is 6.84. The van der Waals surface area contributed by atoms with Gasteiger partial charge in [-0.25, -0.2) is 13.6 Å². The molecule has 0 heterocycles. The Labute approximate surface area is 181 Å². The van der Waals surface area contributed by atoms with E-state index in [1.165, 1.54) is 0 Å². The number of halogens is 12. The number of carbonyl (C=O) groups is 1. The van der Waals surface area contributed by atoms with Gasteiger partial charge < -0.3 is 5.11 Å². The maximum Gasteiger partial charge on any atom is 0.417 e. The molecule has 2 aromatic carbocycles. The van der Waals surface area contributed by atoms with Crippen molar-refractivity contribution in [3.05, 3.63) is 75.1 Å². The topological polar surface area (TPSA) is 37.3 Å². The summed E-state index contributed by atoms with van der Waals surface area (Å²) in [7, 11) is 0. The van der Waals surface area contributed by atoms with Gasteiger partial charge >= 0.3 is 24.5 Å². The van der Waals surface area contributed by atoms with Gasteiger partial charge in [0.05, 0.1) is 21.7 Å². The Kier molecular flexibility index (Phi) is 7.08. The lowest BCUT2D eigenvalue weighted by Gasteiger charge is -2.20. The molecule has 0 saturated carbocycles. The minimum Gasteiger partial charge on any atom is -0.478 e. The van der Waals surface area contributed by atoms with Gasteiger partial charge in [-0.1, -0.05) is 17.7 Å². The molecule has 1 unspecified atom stereocenters. The largest absolute Gasteiger partial charge is 0.478 e. The second-order valence-electron chi connectivity index (χ2n) is 6.46. The predicted octanol–water partition coefficient (Wildman–Crippen LogP) is 7.87. The quantitative estimate of drug-likeness (QED) is 0.423. The first-order valence-corrected chi connectivity index (χ1v) is 8.67. The van der Waals surface area contributed by atoms with Crippen LogP contribution in [-0.4, -0.2) is 17.3 Å². The minimum absolute atomic E-state index is 0.0197. The maximum atomic E-state index is 14.5. The van der Waals surface area contributed by atoms with Crippen molar-refractivity contribution in [2.24, 2.45) is 0 Å². The number of alkyl halides is 9. The molecule has 2 nitrogen and oxygen atoms in total. The third kappa shape index (κ3) is 5.95. The molecule has 1 N–H and O–H groups in total. The Morgan fingerprint density at radius 1 is 0.909 bits per heavy atom. The van der Waals surface area contributed by atoms with Crippen molar-refractivity contribution in [2.45, 2.75) is 24.4 Å². The Morgan fingerprint density at radius 2 is 1.45 bits per heavy atom. The van der Waals surface area contributed by atoms with E-state index >= 15 is 0 Å². The van der Waals surface area contributed by atoms with Crippen LogP contribution in [0.15, 0.2) is 36.4 Å². The number of allylic oxidation sites excluding steroid dienone is 1. The van der Waals surface area contributed by atoms with Gasteiger partial charge in [0, 0.05) is 5.56 Å². The van der Waals surface area contributed by atoms with E-state index in [1.807, 2.05) is 0 Å². The van der Waals surface area contributed by atoms with Crippen LogP contribution in [0, 0.1) is 5.82 Å². The van der Waals surface area contributed by atoms with Crippen molar-refractivity contribution in [1.82, 2.24) is 0 Å². The highest BCUT2D eigenvalue weighted by Gasteiger charge is 2.43. The molecule has 14 heteroatoms. The van der Waals surface area contributed by atoms with E-state index in [0.717, 1.165) is 0 Å². The van der Waals surface area contributed by atoms with Crippen LogP contribution in [0.5, 0.6) is 0 Å². The fourth-order valence-corrected chi connectivity index (χ4v) is 2.95. The van der Waals surface area contributed by atoms with Gasteiger partial charge in [-0.15, -0.1) is 0 Å². The number of carboxylic acid groups (broad SMARTS) is 1. The summed E-state index contributed by atoms with van der Waals surface area (Å²) in [5.74, 6) is -9.15. The molecule has 2 rings (SSSR count). The highest BCUT2D eigenvalue weighted by atomic mass is 35.5. The smallest absolute Gasteiger partial charge is 0.417 e. The SMILES string of the molecule is O=C(O)c1ccc(/C(F)=C/C(c2cc(F)c(Cl)c(C(F)(F)F)c2)C(F)(F)F)cc1C(F)(F)F. The van der Waals surface area contributed by atoms with Crippen molar-refractivity contribution in [2.75, 3.05) is 0 Å². The van der Waals surface area contributed by atoms with Crippen molar-refractivity contribution in [1.29, 1.82) is 0 Å². The van der Waals surface area contributed by atoms with Crippen LogP contribution in [0.25, 0.3) is 5.83 Å². The highest BCUT2D eigenvalue weighted by molar-refractivity contribution is 6.31. The zero-order valence-corrected chi connectivity index (χ0v) is 16.2. The molecule has 0 aromatic heterocycles. The zero-order chi connectivity index (χ0) is 25.5. The van der Waals surface area contributed by atoms with E-state index in [1.54, 1.807) is 0 Å². The number of rotatable bonds is 4. The Morgan fingerprint density at radius 3 is 1.91 bits per heavy atom. The number of hydrogen-bond acceptors (Lipinski definition) is 1. The van der Waals surface area contributed by atoms with Crippen molar-refractivity contribution in [3.63, 3.8) is 0 Å². The Hall–Kier alpha value is -2.83. The molecule has 2 aromatic rings. The van der Waals surface area contributed by atoms with Crippen molar-refractivity contribution in [3.8, 4) is 0 Å². The highest BCUT2D eigenvalue weighted by Crippen LogP contribution is 2.43. The van der Waals surface area contributed by atoms with Gasteiger partial charge in [0.15, 0.2) is 0 Å². The average Bonchev–Trinajstić information content (AvgIpc) is 2.64. The fraction of sp³-hybridized carbons (Fsp3) is 0.211. The lowest BCUT2D eigenvalue weighted by atomic mass is 9.94. The first-order chi connectivity index (χ1) is 14.8. The van der Waals surface area contributed by atoms with Gasteiger partial charge in [-0.05, 0) is 35.9 Å². The molecular weight excluding hydrogens is 505 g/mol. The van der Waals surface area contributed by atoms with Crippen LogP contribution in [0.3, 0.4) is 0 Å². The molecule has 0 fully saturated rings. The summed E-state index contributed by atoms with van der Waals surface area (Å²) in [6, 6.07) is 0.463. The maximum absolute atomic E-state index is 14.5. The summed E-state index contributed by atoms with van der Waals surface area (Å²) in [6.45, 7) is 0. The van der Waals surface area contributed by atoms with Crippen LogP contribution in [-0.2, 0) is 12.4 Å². The van der Waals surface area contributed by atoms with Crippen LogP contribution < -0.4 is 0 Å². The van der Waals surface area contributed by atoms with E-state index in [2.05, 4.69) is 0 Å². The third-order valence-electron chi connectivity index (χ3n) is 4.21. The monoisotopic (exact) mass is 512 g/mol. The number of benzene rings is 2. The molecule has 33 heavy (non-hydrogen) atoms. The summed E-state index contributed by atoms with van der Waals surface area (Å²) in [4.78, 5) is 10.9. The van der Waals surface area contributed by atoms with Crippen molar-refractivity contribution >= 4 is 23.4 Å². The van der Waals surface area contributed by atoms with Crippen molar-refractivity contribution < 1.29 is 58.2 Å². The average molecular weight is 513 g/mol. The zero-order valence-electron chi connectivity index (χ0n) is 15.4. The molecule has 0 spiro atoms. The molecule has 0 radical (unpaired) electrons. The summed E-state index contributed by atoms with van der Waals surface area (Å²) in [5, 5.41) is 7.27. The van der Waals surface area contributed by atoms with Crippen LogP contribution in [0.2, 0.25) is 5.02 Å². The molecular formula is C19H8ClF11O2. The minimum atomic E-state index is -5.51. The third-order valence-corrected chi connectivity index (χ3v) is 4.60. The van der Waals surface area contributed by atoms with E-state index in [9.17, 15) is 53.1 Å². The van der Waals surface area contributed by atoms with Gasteiger partial charge in [0.25, 0.3) is 0 Å². The molecule has 0 aliphatic carbocycles. The molecule has 0 aliphatic heterocycles. The van der Waals surface area contributed by atoms with Crippen LogP contribution >= 0.6 is 11.6 Å². The van der Waals surface area contributed by atoms with Crippen LogP contribution in [0.4, 0.5) is 48.3 Å². The first-order valence-electron chi connectivity index (χ1n) is 8.29. The van der Waals surface area contributed by atoms with Gasteiger partial charge in [0.2, 0.25) is 0 Å². The molecule has 0 aliphatic rings. The second kappa shape index (κ2) is 8.84. The molecule has 0 bridgehead atoms. The number of carboxylic acids is 1. The van der Waals surface area contributed by atoms with Gasteiger partial charge in [-0.3, -0.25) is 0 Å². The number of hydrogen-bond donors (Lipinski definition) is 1. The van der Waals surface area contributed by atoms with E-state index in [-0.39, 0.29) is 24.3 Å². The van der Waals surface area contributed by atoms with E-state index in [4.69, 9.17) is 16.7 Å². The molecule has 0 saturated heterocycles. The molecule has 180 valence electrons. The number of aromatic carboxylic acids is 1. The Balaban J connectivity index is 2.69. The summed E-state index contributed by atoms with van der Waals surface area (Å²) >= 11 is 5.15. The summed E-state index contributed by atoms with van der Waals surface area (Å²) in [5.41, 5.74) is -7.75. The normalized spacial score (nSPS) is 14.4. The van der Waals surface area contributed by atoms with Gasteiger partial charge in [0.1, 0.15) is 17.6 Å². The Bertz CT molecular complexity index is 1100. The van der Waals surface area contributed by atoms with E-state index < -0.39 is 74.9 Å². The lowest BCUT2D eigenvalue weighted by molar-refractivity contribution is -0.142. The standard InChI is InChI=1S/C19H8ClF11O2/c20-15-12(19(29,30)31)4-8(5-14(15)22)10(17(23,24)25)6-13(21)7-1-2-9(16(32)33)11(3-7)18(26,27)28/h1-6,10H,(H,32,33)/b13-6-. The summed E-state index contributed by atoms with van der Waals surface area (Å²) < 4.78 is 147. The fourth-order valence-electron chi connectivity index (χ4n) is 2.73. The molecule has 0 amide bonds. The van der Waals surface area contributed by atoms with E-state index in [0.29, 0.717) is 12.1 Å². The predicted molar refractivity (Wildman–Crippen MR) is 92.7 cm³/mol.